The Bertz CT molecular complexity index is 1240. The normalized spacial score (nSPS) is 46.0. The Hall–Kier alpha value is -1.91. The van der Waals surface area contributed by atoms with Crippen LogP contribution in [-0.4, -0.2) is 35.1 Å². The molecule has 0 unspecified atom stereocenters. The zero-order valence-corrected chi connectivity index (χ0v) is 25.9. The SMILES string of the molecule is C[C@H]1[C@H](C)CC[C@]2(C(=O)O)CC[C@]3(C)C(=CC[C@@H]4[C@@]5(C)Cc6c(N(C)C)ncnc6C(C)(C)[C@@H]5CC[C@]43C)[C@H]12. The molecule has 5 aliphatic rings. The summed E-state index contributed by atoms with van der Waals surface area (Å²) in [7, 11) is 4.21. The molecule has 9 atom stereocenters. The highest BCUT2D eigenvalue weighted by Gasteiger charge is 2.69. The lowest BCUT2D eigenvalue weighted by molar-refractivity contribution is -0.179. The van der Waals surface area contributed by atoms with Crippen molar-refractivity contribution >= 4 is 11.8 Å². The fraction of sp³-hybridized carbons (Fsp3) is 0.794. The van der Waals surface area contributed by atoms with E-state index in [-0.39, 0.29) is 27.6 Å². The number of hydrogen-bond donors (Lipinski definition) is 1. The summed E-state index contributed by atoms with van der Waals surface area (Å²) < 4.78 is 0. The van der Waals surface area contributed by atoms with Crippen LogP contribution in [0.5, 0.6) is 0 Å². The fourth-order valence-corrected chi connectivity index (χ4v) is 11.7. The third kappa shape index (κ3) is 3.22. The number of nitrogens with zero attached hydrogens (tertiary/aromatic N) is 3. The van der Waals surface area contributed by atoms with Gasteiger partial charge in [0.05, 0.1) is 11.1 Å². The molecule has 5 heteroatoms. The smallest absolute Gasteiger partial charge is 0.310 e. The number of hydrogen-bond acceptors (Lipinski definition) is 4. The molecular formula is C34H51N3O2. The molecule has 0 bridgehead atoms. The molecule has 3 fully saturated rings. The highest BCUT2D eigenvalue weighted by Crippen LogP contribution is 2.75. The summed E-state index contributed by atoms with van der Waals surface area (Å²) in [5, 5.41) is 10.7. The van der Waals surface area contributed by atoms with Crippen molar-refractivity contribution in [3.63, 3.8) is 0 Å². The van der Waals surface area contributed by atoms with Crippen LogP contribution in [0.4, 0.5) is 5.82 Å². The van der Waals surface area contributed by atoms with Crippen LogP contribution in [0, 0.1) is 51.2 Å². The number of allylic oxidation sites excluding steroid dienone is 2. The van der Waals surface area contributed by atoms with E-state index in [9.17, 15) is 9.90 Å². The molecule has 0 spiro atoms. The quantitative estimate of drug-likeness (QED) is 0.404. The van der Waals surface area contributed by atoms with E-state index in [4.69, 9.17) is 9.97 Å². The first-order valence-electron chi connectivity index (χ1n) is 15.6. The molecule has 0 aromatic carbocycles. The molecule has 1 heterocycles. The van der Waals surface area contributed by atoms with E-state index in [1.54, 1.807) is 6.33 Å². The largest absolute Gasteiger partial charge is 0.481 e. The van der Waals surface area contributed by atoms with E-state index in [1.807, 2.05) is 0 Å². The van der Waals surface area contributed by atoms with E-state index in [0.717, 1.165) is 44.3 Å². The van der Waals surface area contributed by atoms with Crippen molar-refractivity contribution in [3.05, 3.63) is 29.2 Å². The van der Waals surface area contributed by atoms with Gasteiger partial charge in [0.1, 0.15) is 12.1 Å². The predicted octanol–water partition coefficient (Wildman–Crippen LogP) is 7.30. The maximum absolute atomic E-state index is 13.0. The summed E-state index contributed by atoms with van der Waals surface area (Å²) in [6.45, 7) is 17.3. The number of aromatic nitrogens is 2. The summed E-state index contributed by atoms with van der Waals surface area (Å²) in [5.74, 6) is 2.80. The lowest BCUT2D eigenvalue weighted by Crippen LogP contribution is -2.65. The monoisotopic (exact) mass is 533 g/mol. The standard InChI is InChI=1S/C34H51N3O2/c1-20-12-15-34(29(38)39)17-16-32(6)23(26(34)21(20)2)10-11-25-31(5)18-22-27(35-19-36-28(22)37(8)9)30(3,4)24(31)13-14-33(25,32)7/h10,19-21,24-26H,11-18H2,1-9H3,(H,38,39)/t20-,21+,24+,25-,26+,31+,32-,33-,34+/m1/s1. The van der Waals surface area contributed by atoms with Crippen LogP contribution in [0.2, 0.25) is 0 Å². The van der Waals surface area contributed by atoms with E-state index in [1.165, 1.54) is 29.7 Å². The van der Waals surface area contributed by atoms with Gasteiger partial charge in [-0.05, 0) is 97.2 Å². The molecule has 3 saturated carbocycles. The lowest BCUT2D eigenvalue weighted by Gasteiger charge is -2.70. The lowest BCUT2D eigenvalue weighted by atomic mass is 9.33. The number of rotatable bonds is 2. The van der Waals surface area contributed by atoms with Crippen molar-refractivity contribution in [3.8, 4) is 0 Å². The van der Waals surface area contributed by atoms with Crippen molar-refractivity contribution in [1.82, 2.24) is 9.97 Å². The van der Waals surface area contributed by atoms with Crippen LogP contribution in [0.1, 0.15) is 105 Å². The fourth-order valence-electron chi connectivity index (χ4n) is 11.7. The second-order valence-corrected chi connectivity index (χ2v) is 15.9. The number of anilines is 1. The van der Waals surface area contributed by atoms with Crippen molar-refractivity contribution in [2.24, 2.45) is 51.2 Å². The number of fused-ring (bicyclic) bond motifs is 8. The van der Waals surface area contributed by atoms with Crippen LogP contribution >= 0.6 is 0 Å². The van der Waals surface area contributed by atoms with Crippen LogP contribution in [0.25, 0.3) is 0 Å². The van der Waals surface area contributed by atoms with Crippen LogP contribution < -0.4 is 4.90 Å². The van der Waals surface area contributed by atoms with Gasteiger partial charge in [0, 0.05) is 25.1 Å². The Labute approximate surface area is 236 Å². The molecule has 0 amide bonds. The van der Waals surface area contributed by atoms with E-state index >= 15 is 0 Å². The van der Waals surface area contributed by atoms with E-state index < -0.39 is 11.4 Å². The Morgan fingerprint density at radius 3 is 2.36 bits per heavy atom. The van der Waals surface area contributed by atoms with Crippen LogP contribution in [-0.2, 0) is 16.6 Å². The van der Waals surface area contributed by atoms with E-state index in [0.29, 0.717) is 23.7 Å². The molecule has 0 aliphatic heterocycles. The van der Waals surface area contributed by atoms with Gasteiger partial charge < -0.3 is 10.0 Å². The molecule has 39 heavy (non-hydrogen) atoms. The minimum atomic E-state index is -0.578. The molecule has 0 saturated heterocycles. The van der Waals surface area contributed by atoms with Gasteiger partial charge in [-0.1, -0.05) is 60.1 Å². The molecule has 1 aromatic heterocycles. The maximum atomic E-state index is 13.0. The second kappa shape index (κ2) is 8.32. The predicted molar refractivity (Wildman–Crippen MR) is 157 cm³/mol. The number of carbonyl (C=O) groups is 1. The second-order valence-electron chi connectivity index (χ2n) is 15.9. The van der Waals surface area contributed by atoms with Crippen molar-refractivity contribution in [2.75, 3.05) is 19.0 Å². The minimum Gasteiger partial charge on any atom is -0.481 e. The summed E-state index contributed by atoms with van der Waals surface area (Å²) in [5.41, 5.74) is 3.85. The minimum absolute atomic E-state index is 0.0133. The first kappa shape index (κ1) is 27.3. The molecule has 5 nitrogen and oxygen atoms in total. The third-order valence-corrected chi connectivity index (χ3v) is 14.1. The molecule has 0 radical (unpaired) electrons. The van der Waals surface area contributed by atoms with E-state index in [2.05, 4.69) is 73.5 Å². The highest BCUT2D eigenvalue weighted by molar-refractivity contribution is 5.76. The maximum Gasteiger partial charge on any atom is 0.310 e. The Morgan fingerprint density at radius 2 is 1.69 bits per heavy atom. The van der Waals surface area contributed by atoms with Gasteiger partial charge in [-0.2, -0.15) is 0 Å². The molecule has 1 N–H and O–H groups in total. The Morgan fingerprint density at radius 1 is 0.974 bits per heavy atom. The summed E-state index contributed by atoms with van der Waals surface area (Å²) in [4.78, 5) is 24.8. The first-order valence-corrected chi connectivity index (χ1v) is 15.6. The molecule has 214 valence electrons. The topological polar surface area (TPSA) is 66.3 Å². The third-order valence-electron chi connectivity index (χ3n) is 14.1. The average Bonchev–Trinajstić information content (AvgIpc) is 2.85. The summed E-state index contributed by atoms with van der Waals surface area (Å²) in [6, 6.07) is 0. The zero-order valence-electron chi connectivity index (χ0n) is 25.9. The highest BCUT2D eigenvalue weighted by atomic mass is 16.4. The number of carboxylic acid groups (broad SMARTS) is 1. The Balaban J connectivity index is 1.49. The Kier molecular flexibility index (Phi) is 5.82. The van der Waals surface area contributed by atoms with Gasteiger partial charge in [-0.3, -0.25) is 4.79 Å². The van der Waals surface area contributed by atoms with Gasteiger partial charge in [0.15, 0.2) is 0 Å². The van der Waals surface area contributed by atoms with Gasteiger partial charge in [-0.15, -0.1) is 0 Å². The number of carboxylic acids is 1. The summed E-state index contributed by atoms with van der Waals surface area (Å²) in [6.07, 6.45) is 12.6. The molecule has 5 aliphatic carbocycles. The van der Waals surface area contributed by atoms with Crippen molar-refractivity contribution in [2.45, 2.75) is 105 Å². The molecule has 6 rings (SSSR count). The van der Waals surface area contributed by atoms with Crippen molar-refractivity contribution in [1.29, 1.82) is 0 Å². The molecular weight excluding hydrogens is 482 g/mol. The zero-order chi connectivity index (χ0) is 28.3. The van der Waals surface area contributed by atoms with Gasteiger partial charge in [0.2, 0.25) is 0 Å². The van der Waals surface area contributed by atoms with Crippen molar-refractivity contribution < 1.29 is 9.90 Å². The van der Waals surface area contributed by atoms with Gasteiger partial charge in [0.25, 0.3) is 0 Å². The van der Waals surface area contributed by atoms with Crippen LogP contribution in [0.15, 0.2) is 18.0 Å². The first-order chi connectivity index (χ1) is 18.1. The van der Waals surface area contributed by atoms with Gasteiger partial charge in [-0.25, -0.2) is 9.97 Å². The molecule has 1 aromatic rings. The average molecular weight is 534 g/mol. The van der Waals surface area contributed by atoms with Crippen LogP contribution in [0.3, 0.4) is 0 Å². The summed E-state index contributed by atoms with van der Waals surface area (Å²) >= 11 is 0. The number of aliphatic carboxylic acids is 1. The van der Waals surface area contributed by atoms with Gasteiger partial charge >= 0.3 is 5.97 Å².